The fourth-order valence-corrected chi connectivity index (χ4v) is 2.67. The van der Waals surface area contributed by atoms with Crippen molar-refractivity contribution in [2.45, 2.75) is 66.2 Å². The average molecular weight is 196 g/mol. The van der Waals surface area contributed by atoms with Gasteiger partial charge in [-0.3, -0.25) is 0 Å². The first-order valence-corrected chi connectivity index (χ1v) is 6.69. The quantitative estimate of drug-likeness (QED) is 0.544. The zero-order chi connectivity index (χ0) is 10.6. The van der Waals surface area contributed by atoms with Crippen LogP contribution in [0.5, 0.6) is 0 Å². The van der Waals surface area contributed by atoms with Crippen LogP contribution in [0.4, 0.5) is 0 Å². The third-order valence-corrected chi connectivity index (χ3v) is 4.30. The first-order chi connectivity index (χ1) is 6.69. The van der Waals surface area contributed by atoms with E-state index in [9.17, 15) is 0 Å². The molecule has 1 rings (SSSR count). The molecule has 4 atom stereocenters. The highest BCUT2D eigenvalue weighted by Crippen LogP contribution is 2.45. The Labute approximate surface area is 90.5 Å². The molecule has 0 aromatic carbocycles. The normalized spacial score (nSPS) is 30.0. The van der Waals surface area contributed by atoms with E-state index in [1.165, 1.54) is 38.5 Å². The maximum absolute atomic E-state index is 2.45. The molecule has 0 saturated heterocycles. The van der Waals surface area contributed by atoms with Gasteiger partial charge in [0.2, 0.25) is 0 Å². The van der Waals surface area contributed by atoms with E-state index in [1.54, 1.807) is 0 Å². The summed E-state index contributed by atoms with van der Waals surface area (Å²) in [6.07, 6.45) is 8.71. The van der Waals surface area contributed by atoms with Crippen LogP contribution in [0.15, 0.2) is 0 Å². The minimum absolute atomic E-state index is 0.943. The molecular formula is C14H28. The van der Waals surface area contributed by atoms with Gasteiger partial charge < -0.3 is 0 Å². The number of hydrogen-bond acceptors (Lipinski definition) is 0. The Morgan fingerprint density at radius 1 is 1.00 bits per heavy atom. The molecule has 0 aromatic heterocycles. The summed E-state index contributed by atoms with van der Waals surface area (Å²) in [6.45, 7) is 9.52. The lowest BCUT2D eigenvalue weighted by Crippen LogP contribution is -2.08. The van der Waals surface area contributed by atoms with Crippen molar-refractivity contribution in [1.82, 2.24) is 0 Å². The zero-order valence-corrected chi connectivity index (χ0v) is 10.6. The molecule has 0 radical (unpaired) electrons. The van der Waals surface area contributed by atoms with Crippen LogP contribution >= 0.6 is 0 Å². The van der Waals surface area contributed by atoms with E-state index in [2.05, 4.69) is 27.7 Å². The van der Waals surface area contributed by atoms with Gasteiger partial charge in [0.1, 0.15) is 0 Å². The van der Waals surface area contributed by atoms with Crippen molar-refractivity contribution in [3.63, 3.8) is 0 Å². The van der Waals surface area contributed by atoms with E-state index in [0.29, 0.717) is 0 Å². The van der Waals surface area contributed by atoms with Gasteiger partial charge in [0.05, 0.1) is 0 Å². The monoisotopic (exact) mass is 196 g/mol. The van der Waals surface area contributed by atoms with Crippen molar-refractivity contribution >= 4 is 0 Å². The molecule has 84 valence electrons. The summed E-state index contributed by atoms with van der Waals surface area (Å²) in [7, 11) is 0. The lowest BCUT2D eigenvalue weighted by atomic mass is 9.87. The summed E-state index contributed by atoms with van der Waals surface area (Å²) < 4.78 is 0. The minimum atomic E-state index is 0.943. The molecule has 1 fully saturated rings. The first kappa shape index (κ1) is 12.1. The van der Waals surface area contributed by atoms with Gasteiger partial charge in [-0.1, -0.05) is 53.4 Å². The molecule has 0 nitrogen and oxygen atoms in total. The van der Waals surface area contributed by atoms with Gasteiger partial charge >= 0.3 is 0 Å². The van der Waals surface area contributed by atoms with E-state index in [0.717, 1.165) is 23.7 Å². The van der Waals surface area contributed by atoms with Crippen molar-refractivity contribution in [2.24, 2.45) is 23.7 Å². The predicted molar refractivity (Wildman–Crippen MR) is 64.4 cm³/mol. The maximum atomic E-state index is 2.45. The predicted octanol–water partition coefficient (Wildman–Crippen LogP) is 4.89. The van der Waals surface area contributed by atoms with Gasteiger partial charge in [-0.05, 0) is 36.5 Å². The Kier molecular flexibility index (Phi) is 4.98. The first-order valence-electron chi connectivity index (χ1n) is 6.69. The molecule has 0 spiro atoms. The Morgan fingerprint density at radius 3 is 2.14 bits per heavy atom. The largest absolute Gasteiger partial charge is 0.0654 e. The molecule has 0 heteroatoms. The van der Waals surface area contributed by atoms with Crippen LogP contribution in [-0.2, 0) is 0 Å². The molecule has 0 amide bonds. The molecule has 4 unspecified atom stereocenters. The lowest BCUT2D eigenvalue weighted by molar-refractivity contribution is 0.326. The van der Waals surface area contributed by atoms with E-state index < -0.39 is 0 Å². The molecule has 0 heterocycles. The topological polar surface area (TPSA) is 0 Å². The molecule has 0 aromatic rings. The van der Waals surface area contributed by atoms with Gasteiger partial charge in [-0.25, -0.2) is 0 Å². The summed E-state index contributed by atoms with van der Waals surface area (Å²) >= 11 is 0. The van der Waals surface area contributed by atoms with Gasteiger partial charge in [-0.15, -0.1) is 0 Å². The van der Waals surface area contributed by atoms with Crippen molar-refractivity contribution in [3.05, 3.63) is 0 Å². The van der Waals surface area contributed by atoms with Gasteiger partial charge in [0, 0.05) is 0 Å². The third-order valence-electron chi connectivity index (χ3n) is 4.30. The summed E-state index contributed by atoms with van der Waals surface area (Å²) in [6, 6.07) is 0. The standard InChI is InChI=1S/C14H28/c1-5-7-11(3)12(4)8-9-14-10-13(14)6-2/h11-14H,5-10H2,1-4H3. The molecule has 14 heavy (non-hydrogen) atoms. The Bertz CT molecular complexity index is 150. The van der Waals surface area contributed by atoms with E-state index in [-0.39, 0.29) is 0 Å². The molecule has 1 saturated carbocycles. The second-order valence-electron chi connectivity index (χ2n) is 5.48. The Morgan fingerprint density at radius 2 is 1.64 bits per heavy atom. The highest BCUT2D eigenvalue weighted by molar-refractivity contribution is 4.85. The number of hydrogen-bond donors (Lipinski definition) is 0. The van der Waals surface area contributed by atoms with Crippen LogP contribution in [0.1, 0.15) is 66.2 Å². The Balaban J connectivity index is 2.06. The van der Waals surface area contributed by atoms with Gasteiger partial charge in [0.15, 0.2) is 0 Å². The van der Waals surface area contributed by atoms with E-state index >= 15 is 0 Å². The van der Waals surface area contributed by atoms with Crippen LogP contribution in [-0.4, -0.2) is 0 Å². The second-order valence-corrected chi connectivity index (χ2v) is 5.48. The van der Waals surface area contributed by atoms with Crippen LogP contribution in [0, 0.1) is 23.7 Å². The maximum Gasteiger partial charge on any atom is -0.0383 e. The average Bonchev–Trinajstić information content (AvgIpc) is 2.93. The van der Waals surface area contributed by atoms with Gasteiger partial charge in [0.25, 0.3) is 0 Å². The molecule has 0 N–H and O–H groups in total. The van der Waals surface area contributed by atoms with Crippen LogP contribution in [0.2, 0.25) is 0 Å². The van der Waals surface area contributed by atoms with E-state index in [1.807, 2.05) is 0 Å². The Hall–Kier alpha value is 0. The fourth-order valence-electron chi connectivity index (χ4n) is 2.67. The molecule has 1 aliphatic rings. The van der Waals surface area contributed by atoms with Gasteiger partial charge in [-0.2, -0.15) is 0 Å². The summed E-state index contributed by atoms with van der Waals surface area (Å²) in [5, 5.41) is 0. The SMILES string of the molecule is CCCC(C)C(C)CCC1CC1CC. The number of rotatable bonds is 7. The second kappa shape index (κ2) is 5.78. The lowest BCUT2D eigenvalue weighted by Gasteiger charge is -2.19. The van der Waals surface area contributed by atoms with Crippen LogP contribution in [0.3, 0.4) is 0 Å². The zero-order valence-electron chi connectivity index (χ0n) is 10.6. The molecule has 1 aliphatic carbocycles. The van der Waals surface area contributed by atoms with E-state index in [4.69, 9.17) is 0 Å². The van der Waals surface area contributed by atoms with Crippen molar-refractivity contribution < 1.29 is 0 Å². The third kappa shape index (κ3) is 3.63. The molecular weight excluding hydrogens is 168 g/mol. The van der Waals surface area contributed by atoms with Crippen molar-refractivity contribution in [3.8, 4) is 0 Å². The fraction of sp³-hybridized carbons (Fsp3) is 1.00. The summed E-state index contributed by atoms with van der Waals surface area (Å²) in [5.74, 6) is 4.10. The molecule has 0 bridgehead atoms. The van der Waals surface area contributed by atoms with Crippen LogP contribution in [0.25, 0.3) is 0 Å². The van der Waals surface area contributed by atoms with Crippen molar-refractivity contribution in [1.29, 1.82) is 0 Å². The highest BCUT2D eigenvalue weighted by Gasteiger charge is 2.34. The van der Waals surface area contributed by atoms with Crippen molar-refractivity contribution in [2.75, 3.05) is 0 Å². The highest BCUT2D eigenvalue weighted by atomic mass is 14.4. The van der Waals surface area contributed by atoms with Crippen LogP contribution < -0.4 is 0 Å². The molecule has 0 aliphatic heterocycles. The smallest absolute Gasteiger partial charge is 0.0383 e. The minimum Gasteiger partial charge on any atom is -0.0654 e. The summed E-state index contributed by atoms with van der Waals surface area (Å²) in [4.78, 5) is 0. The summed E-state index contributed by atoms with van der Waals surface area (Å²) in [5.41, 5.74) is 0.